The molecule has 2 aliphatic rings. The first kappa shape index (κ1) is 25.4. The smallest absolute Gasteiger partial charge is 0.220 e. The van der Waals surface area contributed by atoms with E-state index in [-0.39, 0.29) is 17.7 Å². The number of ketones is 1. The molecule has 4 nitrogen and oxygen atoms in total. The van der Waals surface area contributed by atoms with Crippen LogP contribution in [0.25, 0.3) is 0 Å². The first-order chi connectivity index (χ1) is 15.5. The predicted octanol–water partition coefficient (Wildman–Crippen LogP) is 5.12. The van der Waals surface area contributed by atoms with Crippen LogP contribution in [0.5, 0.6) is 0 Å². The minimum Gasteiger partial charge on any atom is -0.352 e. The van der Waals surface area contributed by atoms with Crippen LogP contribution in [0, 0.1) is 11.8 Å². The van der Waals surface area contributed by atoms with Gasteiger partial charge in [-0.2, -0.15) is 0 Å². The van der Waals surface area contributed by atoms with Gasteiger partial charge in [-0.15, -0.1) is 9.24 Å². The molecule has 3 unspecified atom stereocenters. The topological polar surface area (TPSA) is 49.4 Å². The van der Waals surface area contributed by atoms with Crippen molar-refractivity contribution in [2.24, 2.45) is 11.8 Å². The van der Waals surface area contributed by atoms with Crippen LogP contribution in [0.2, 0.25) is 0 Å². The van der Waals surface area contributed by atoms with Gasteiger partial charge in [0.05, 0.1) is 0 Å². The maximum absolute atomic E-state index is 12.8. The SMILES string of the molecule is CC(C1CCCCC1)C(CN1CCCC1)NC(=O)CCCCCC(=O)c1ccc(P)cc1. The van der Waals surface area contributed by atoms with Gasteiger partial charge in [-0.05, 0) is 55.9 Å². The fourth-order valence-corrected chi connectivity index (χ4v) is 5.61. The van der Waals surface area contributed by atoms with Crippen molar-refractivity contribution in [3.63, 3.8) is 0 Å². The van der Waals surface area contributed by atoms with E-state index >= 15 is 0 Å². The van der Waals surface area contributed by atoms with Gasteiger partial charge in [0, 0.05) is 31.0 Å². The Kier molecular flexibility index (Phi) is 10.7. The average molecular weight is 459 g/mol. The zero-order valence-electron chi connectivity index (χ0n) is 20.0. The first-order valence-corrected chi connectivity index (χ1v) is 13.5. The van der Waals surface area contributed by atoms with Crippen LogP contribution >= 0.6 is 9.24 Å². The van der Waals surface area contributed by atoms with Crippen molar-refractivity contribution in [1.82, 2.24) is 10.2 Å². The molecule has 1 saturated carbocycles. The molecule has 2 fully saturated rings. The molecule has 1 aromatic rings. The Morgan fingerprint density at radius 3 is 2.31 bits per heavy atom. The zero-order chi connectivity index (χ0) is 22.8. The lowest BCUT2D eigenvalue weighted by atomic mass is 9.77. The Balaban J connectivity index is 1.39. The van der Waals surface area contributed by atoms with Crippen LogP contribution in [0.3, 0.4) is 0 Å². The summed E-state index contributed by atoms with van der Waals surface area (Å²) in [5, 5.41) is 4.51. The highest BCUT2D eigenvalue weighted by molar-refractivity contribution is 7.27. The Labute approximate surface area is 197 Å². The van der Waals surface area contributed by atoms with E-state index in [0.29, 0.717) is 18.8 Å². The number of carbonyl (C=O) groups is 2. The molecule has 1 aromatic carbocycles. The Morgan fingerprint density at radius 1 is 0.969 bits per heavy atom. The Morgan fingerprint density at radius 2 is 1.62 bits per heavy atom. The summed E-state index contributed by atoms with van der Waals surface area (Å²) < 4.78 is 0. The van der Waals surface area contributed by atoms with E-state index in [1.807, 2.05) is 24.3 Å². The lowest BCUT2D eigenvalue weighted by Gasteiger charge is -2.36. The highest BCUT2D eigenvalue weighted by atomic mass is 31.0. The van der Waals surface area contributed by atoms with Gasteiger partial charge < -0.3 is 10.2 Å². The standard InChI is InChI=1S/C27H43N2O2P/c1-21(22-10-4-2-5-11-22)25(20-29-18-8-9-19-29)28-27(31)13-7-3-6-12-26(30)23-14-16-24(32)17-15-23/h14-17,21-22,25H,2-13,18-20,32H2,1H3,(H,28,31). The molecule has 1 saturated heterocycles. The lowest BCUT2D eigenvalue weighted by Crippen LogP contribution is -2.48. The fourth-order valence-electron chi connectivity index (χ4n) is 5.42. The summed E-state index contributed by atoms with van der Waals surface area (Å²) in [6.07, 6.45) is 13.1. The van der Waals surface area contributed by atoms with Crippen molar-refractivity contribution in [3.8, 4) is 0 Å². The van der Waals surface area contributed by atoms with E-state index in [0.717, 1.165) is 42.6 Å². The molecule has 0 aromatic heterocycles. The Hall–Kier alpha value is -1.25. The van der Waals surface area contributed by atoms with Gasteiger partial charge in [-0.3, -0.25) is 9.59 Å². The van der Waals surface area contributed by atoms with Gasteiger partial charge >= 0.3 is 0 Å². The average Bonchev–Trinajstić information content (AvgIpc) is 3.32. The number of rotatable bonds is 12. The highest BCUT2D eigenvalue weighted by Gasteiger charge is 2.30. The number of Topliss-reactive ketones (excluding diaryl/α,β-unsaturated/α-hetero) is 1. The van der Waals surface area contributed by atoms with Gasteiger partial charge in [0.2, 0.25) is 5.91 Å². The normalized spacial score (nSPS) is 19.6. The summed E-state index contributed by atoms with van der Waals surface area (Å²) in [6.45, 7) is 5.73. The molecule has 178 valence electrons. The quantitative estimate of drug-likeness (QED) is 0.269. The van der Waals surface area contributed by atoms with Crippen molar-refractivity contribution in [2.75, 3.05) is 19.6 Å². The molecule has 1 heterocycles. The third kappa shape index (κ3) is 8.27. The number of nitrogens with zero attached hydrogens (tertiary/aromatic N) is 1. The predicted molar refractivity (Wildman–Crippen MR) is 137 cm³/mol. The van der Waals surface area contributed by atoms with Crippen molar-refractivity contribution in [3.05, 3.63) is 29.8 Å². The summed E-state index contributed by atoms with van der Waals surface area (Å²) in [5.74, 6) is 1.69. The fraction of sp³-hybridized carbons (Fsp3) is 0.704. The lowest BCUT2D eigenvalue weighted by molar-refractivity contribution is -0.122. The van der Waals surface area contributed by atoms with Crippen molar-refractivity contribution >= 4 is 26.2 Å². The number of likely N-dealkylation sites (tertiary alicyclic amines) is 1. The summed E-state index contributed by atoms with van der Waals surface area (Å²) >= 11 is 0. The van der Waals surface area contributed by atoms with E-state index in [4.69, 9.17) is 0 Å². The highest BCUT2D eigenvalue weighted by Crippen LogP contribution is 2.32. The molecule has 3 rings (SSSR count). The minimum absolute atomic E-state index is 0.194. The molecular weight excluding hydrogens is 415 g/mol. The van der Waals surface area contributed by atoms with Crippen LogP contribution < -0.4 is 10.6 Å². The molecule has 1 N–H and O–H groups in total. The molecular formula is C27H43N2O2P. The third-order valence-corrected chi connectivity index (χ3v) is 7.95. The van der Waals surface area contributed by atoms with Gasteiger partial charge in [-0.25, -0.2) is 0 Å². The van der Waals surface area contributed by atoms with Crippen LogP contribution in [0.1, 0.15) is 94.3 Å². The molecule has 1 amide bonds. The molecule has 32 heavy (non-hydrogen) atoms. The van der Waals surface area contributed by atoms with E-state index in [1.165, 1.54) is 58.0 Å². The molecule has 0 spiro atoms. The molecule has 3 atom stereocenters. The maximum atomic E-state index is 12.8. The first-order valence-electron chi connectivity index (χ1n) is 12.9. The van der Waals surface area contributed by atoms with E-state index in [9.17, 15) is 9.59 Å². The van der Waals surface area contributed by atoms with Crippen molar-refractivity contribution < 1.29 is 9.59 Å². The van der Waals surface area contributed by atoms with Crippen molar-refractivity contribution in [2.45, 2.75) is 90.0 Å². The van der Waals surface area contributed by atoms with Gasteiger partial charge in [0.25, 0.3) is 0 Å². The number of amides is 1. The Bertz CT molecular complexity index is 709. The number of unbranched alkanes of at least 4 members (excludes halogenated alkanes) is 2. The van der Waals surface area contributed by atoms with Crippen LogP contribution in [0.15, 0.2) is 24.3 Å². The van der Waals surface area contributed by atoms with E-state index in [1.54, 1.807) is 0 Å². The monoisotopic (exact) mass is 458 g/mol. The van der Waals surface area contributed by atoms with Crippen LogP contribution in [-0.4, -0.2) is 42.3 Å². The second-order valence-corrected chi connectivity index (χ2v) is 10.7. The van der Waals surface area contributed by atoms with Crippen molar-refractivity contribution in [1.29, 1.82) is 0 Å². The number of hydrogen-bond donors (Lipinski definition) is 1. The second-order valence-electron chi connectivity index (χ2n) is 10.0. The third-order valence-electron chi connectivity index (χ3n) is 7.57. The number of nitrogens with one attached hydrogen (secondary N) is 1. The van der Waals surface area contributed by atoms with Crippen LogP contribution in [-0.2, 0) is 4.79 Å². The van der Waals surface area contributed by atoms with E-state index < -0.39 is 0 Å². The number of carbonyl (C=O) groups excluding carboxylic acids is 2. The van der Waals surface area contributed by atoms with Crippen LogP contribution in [0.4, 0.5) is 0 Å². The largest absolute Gasteiger partial charge is 0.352 e. The maximum Gasteiger partial charge on any atom is 0.220 e. The molecule has 1 aliphatic heterocycles. The minimum atomic E-state index is 0.194. The van der Waals surface area contributed by atoms with Gasteiger partial charge in [0.15, 0.2) is 5.78 Å². The summed E-state index contributed by atoms with van der Waals surface area (Å²) in [7, 11) is 2.64. The number of benzene rings is 1. The zero-order valence-corrected chi connectivity index (χ0v) is 21.1. The number of hydrogen-bond acceptors (Lipinski definition) is 3. The summed E-state index contributed by atoms with van der Waals surface area (Å²) in [4.78, 5) is 27.6. The molecule has 0 radical (unpaired) electrons. The molecule has 5 heteroatoms. The molecule has 1 aliphatic carbocycles. The summed E-state index contributed by atoms with van der Waals surface area (Å²) in [6, 6.07) is 7.97. The van der Waals surface area contributed by atoms with Gasteiger partial charge in [-0.1, -0.05) is 69.7 Å². The molecule has 0 bridgehead atoms. The summed E-state index contributed by atoms with van der Waals surface area (Å²) in [5.41, 5.74) is 0.787. The van der Waals surface area contributed by atoms with Gasteiger partial charge in [0.1, 0.15) is 0 Å². The van der Waals surface area contributed by atoms with E-state index in [2.05, 4.69) is 26.4 Å². The second kappa shape index (κ2) is 13.5.